The summed E-state index contributed by atoms with van der Waals surface area (Å²) < 4.78 is 2.58. The van der Waals surface area contributed by atoms with Crippen LogP contribution in [0.3, 0.4) is 0 Å². The molecule has 0 bridgehead atoms. The van der Waals surface area contributed by atoms with E-state index in [1.165, 1.54) is 71.3 Å². The first-order chi connectivity index (χ1) is 21.6. The molecule has 2 N–H and O–H groups in total. The lowest BCUT2D eigenvalue weighted by Gasteiger charge is -2.45. The molecule has 1 aliphatic heterocycles. The Morgan fingerprint density at radius 1 is 0.523 bits per heavy atom. The van der Waals surface area contributed by atoms with E-state index in [4.69, 9.17) is 0 Å². The largest absolute Gasteiger partial charge is 0.205 e. The van der Waals surface area contributed by atoms with E-state index in [1.54, 1.807) is 0 Å². The molecule has 1 saturated heterocycles. The molecule has 2 unspecified atom stereocenters. The fourth-order valence-electron chi connectivity index (χ4n) is 7.79. The second-order valence-electron chi connectivity index (χ2n) is 12.8. The van der Waals surface area contributed by atoms with E-state index in [9.17, 15) is 0 Å². The molecule has 9 rings (SSSR count). The summed E-state index contributed by atoms with van der Waals surface area (Å²) in [5.74, 6) is 0. The first-order valence-corrected chi connectivity index (χ1v) is 15.6. The molecule has 44 heavy (non-hydrogen) atoms. The van der Waals surface area contributed by atoms with Gasteiger partial charge in [-0.15, -0.1) is 0 Å². The van der Waals surface area contributed by atoms with Gasteiger partial charge in [0.2, 0.25) is 0 Å². The molecule has 1 aliphatic carbocycles. The van der Waals surface area contributed by atoms with Crippen LogP contribution in [0.1, 0.15) is 48.4 Å². The van der Waals surface area contributed by atoms with Gasteiger partial charge >= 0.3 is 0 Å². The summed E-state index contributed by atoms with van der Waals surface area (Å²) in [4.78, 5) is 0. The van der Waals surface area contributed by atoms with E-state index >= 15 is 0 Å². The Morgan fingerprint density at radius 2 is 1.11 bits per heavy atom. The average Bonchev–Trinajstić information content (AvgIpc) is 3.49. The van der Waals surface area contributed by atoms with Crippen molar-refractivity contribution in [2.24, 2.45) is 0 Å². The van der Waals surface area contributed by atoms with Crippen LogP contribution in [0.4, 0.5) is 0 Å². The maximum absolute atomic E-state index is 3.94. The highest BCUT2D eigenvalue weighted by atomic mass is 15.7. The maximum Gasteiger partial charge on any atom is 0.197 e. The Balaban J connectivity index is 1.35. The van der Waals surface area contributed by atoms with Gasteiger partial charge in [0.1, 0.15) is 11.0 Å². The van der Waals surface area contributed by atoms with Crippen molar-refractivity contribution >= 4 is 21.8 Å². The predicted octanol–water partition coefficient (Wildman–Crippen LogP) is 8.42. The van der Waals surface area contributed by atoms with Crippen molar-refractivity contribution in [3.05, 3.63) is 168 Å². The van der Waals surface area contributed by atoms with E-state index in [2.05, 4.69) is 169 Å². The quantitative estimate of drug-likeness (QED) is 0.219. The van der Waals surface area contributed by atoms with Crippen molar-refractivity contribution in [1.82, 2.24) is 9.99 Å². The number of benzene rings is 6. The van der Waals surface area contributed by atoms with Crippen LogP contribution < -0.4 is 10.3 Å². The van der Waals surface area contributed by atoms with Crippen LogP contribution in [0.25, 0.3) is 44.1 Å². The molecule has 1 aromatic heterocycles. The van der Waals surface area contributed by atoms with Crippen molar-refractivity contribution in [3.63, 3.8) is 0 Å². The Kier molecular flexibility index (Phi) is 5.52. The summed E-state index contributed by atoms with van der Waals surface area (Å²) >= 11 is 0. The SMILES string of the molecule is CC1(C)c2ccccc2-c2cc3c(cc21)c1cc(-c2ccccc2)ccc1n3[NH+]1C(c2ccccc2)NC1c1ccccc1. The van der Waals surface area contributed by atoms with Crippen LogP contribution in [0, 0.1) is 0 Å². The highest BCUT2D eigenvalue weighted by molar-refractivity contribution is 6.11. The number of rotatable bonds is 4. The molecule has 0 spiro atoms. The zero-order valence-corrected chi connectivity index (χ0v) is 25.0. The molecule has 0 amide bonds. The standard InChI is InChI=1S/C41H33N3/c1-41(2)35-21-13-12-20-31(35)32-26-38-34(25-36(32)41)33-24-30(27-14-6-3-7-15-27)22-23-37(33)43(38)44-39(28-16-8-4-9-17-28)42-40(44)29-18-10-5-11-19-29/h3-26,39-40,42H,1-2H3/p+1. The zero-order chi connectivity index (χ0) is 29.4. The molecule has 2 aliphatic rings. The highest BCUT2D eigenvalue weighted by Gasteiger charge is 2.48. The fraction of sp³-hybridized carbons (Fsp3) is 0.122. The van der Waals surface area contributed by atoms with Crippen molar-refractivity contribution in [2.45, 2.75) is 31.6 Å². The summed E-state index contributed by atoms with van der Waals surface area (Å²) in [7, 11) is 0. The number of nitrogens with one attached hydrogen (secondary N) is 2. The third-order valence-corrected chi connectivity index (χ3v) is 10.0. The third-order valence-electron chi connectivity index (χ3n) is 10.0. The van der Waals surface area contributed by atoms with E-state index in [1.807, 2.05) is 0 Å². The predicted molar refractivity (Wildman–Crippen MR) is 180 cm³/mol. The van der Waals surface area contributed by atoms with Crippen LogP contribution >= 0.6 is 0 Å². The van der Waals surface area contributed by atoms with Gasteiger partial charge in [-0.1, -0.05) is 135 Å². The molecule has 3 nitrogen and oxygen atoms in total. The molecule has 3 heteroatoms. The minimum atomic E-state index is -0.0596. The molecular weight excluding hydrogens is 534 g/mol. The van der Waals surface area contributed by atoms with Crippen molar-refractivity contribution < 1.29 is 5.01 Å². The molecule has 6 aromatic carbocycles. The van der Waals surface area contributed by atoms with Crippen molar-refractivity contribution in [3.8, 4) is 22.3 Å². The van der Waals surface area contributed by atoms with Gasteiger partial charge in [-0.3, -0.25) is 0 Å². The first-order valence-electron chi connectivity index (χ1n) is 15.6. The van der Waals surface area contributed by atoms with E-state index in [0.717, 1.165) is 0 Å². The highest BCUT2D eigenvalue weighted by Crippen LogP contribution is 2.50. The number of quaternary nitrogens is 1. The molecule has 2 atom stereocenters. The zero-order valence-electron chi connectivity index (χ0n) is 25.0. The molecule has 212 valence electrons. The van der Waals surface area contributed by atoms with Gasteiger partial charge in [0, 0.05) is 27.3 Å². The Labute approximate surface area is 258 Å². The lowest BCUT2D eigenvalue weighted by Crippen LogP contribution is -3.24. The number of hydrogen-bond acceptors (Lipinski definition) is 1. The minimum absolute atomic E-state index is 0.0596. The molecular formula is C41H34N3+. The molecule has 0 saturated carbocycles. The van der Waals surface area contributed by atoms with E-state index in [-0.39, 0.29) is 17.7 Å². The lowest BCUT2D eigenvalue weighted by atomic mass is 9.82. The third kappa shape index (κ3) is 3.64. The molecule has 0 radical (unpaired) electrons. The van der Waals surface area contributed by atoms with Crippen LogP contribution in [-0.4, -0.2) is 4.68 Å². The normalized spacial score (nSPS) is 19.9. The Hall–Kier alpha value is -4.96. The van der Waals surface area contributed by atoms with E-state index < -0.39 is 0 Å². The number of nitrogens with zero attached hydrogens (tertiary/aromatic N) is 1. The monoisotopic (exact) mass is 568 g/mol. The molecule has 2 heterocycles. The second kappa shape index (κ2) is 9.52. The van der Waals surface area contributed by atoms with Gasteiger partial charge in [0.25, 0.3) is 0 Å². The Morgan fingerprint density at radius 3 is 1.80 bits per heavy atom. The van der Waals surface area contributed by atoms with Gasteiger partial charge in [-0.2, -0.15) is 9.69 Å². The lowest BCUT2D eigenvalue weighted by molar-refractivity contribution is -1.05. The topological polar surface area (TPSA) is 21.4 Å². The van der Waals surface area contributed by atoms with Crippen LogP contribution in [0.15, 0.2) is 146 Å². The van der Waals surface area contributed by atoms with E-state index in [0.29, 0.717) is 0 Å². The van der Waals surface area contributed by atoms with Crippen LogP contribution in [-0.2, 0) is 5.41 Å². The number of fused-ring (bicyclic) bond motifs is 6. The maximum atomic E-state index is 3.94. The minimum Gasteiger partial charge on any atom is -0.205 e. The number of hydrogen-bond donors (Lipinski definition) is 2. The smallest absolute Gasteiger partial charge is 0.197 e. The Bertz CT molecular complexity index is 2130. The number of aromatic nitrogens is 1. The first kappa shape index (κ1) is 25.5. The van der Waals surface area contributed by atoms with Crippen LogP contribution in [0.5, 0.6) is 0 Å². The summed E-state index contributed by atoms with van der Waals surface area (Å²) in [5, 5.41) is 7.93. The van der Waals surface area contributed by atoms with Crippen molar-refractivity contribution in [2.75, 3.05) is 0 Å². The summed E-state index contributed by atoms with van der Waals surface area (Å²) in [6.07, 6.45) is 0.233. The van der Waals surface area contributed by atoms with Gasteiger partial charge < -0.3 is 0 Å². The van der Waals surface area contributed by atoms with Crippen molar-refractivity contribution in [1.29, 1.82) is 0 Å². The second-order valence-corrected chi connectivity index (χ2v) is 12.8. The summed E-state index contributed by atoms with van der Waals surface area (Å²) in [6, 6.07) is 53.5. The molecule has 1 fully saturated rings. The van der Waals surface area contributed by atoms with Gasteiger partial charge in [0.15, 0.2) is 12.3 Å². The van der Waals surface area contributed by atoms with Crippen LogP contribution in [0.2, 0.25) is 0 Å². The summed E-state index contributed by atoms with van der Waals surface area (Å²) in [5.41, 5.74) is 13.1. The van der Waals surface area contributed by atoms with Gasteiger partial charge in [-0.05, 0) is 57.6 Å². The average molecular weight is 569 g/mol. The summed E-state index contributed by atoms with van der Waals surface area (Å²) in [6.45, 7) is 4.75. The van der Waals surface area contributed by atoms with Gasteiger partial charge in [-0.25, -0.2) is 5.32 Å². The fourth-order valence-corrected chi connectivity index (χ4v) is 7.79. The van der Waals surface area contributed by atoms with Gasteiger partial charge in [0.05, 0.1) is 0 Å². The molecule has 7 aromatic rings.